The zero-order valence-corrected chi connectivity index (χ0v) is 13.3. The molecule has 0 radical (unpaired) electrons. The van der Waals surface area contributed by atoms with Crippen molar-refractivity contribution in [2.24, 2.45) is 10.8 Å². The fourth-order valence-electron chi connectivity index (χ4n) is 3.91. The number of carboxylic acid groups (broad SMARTS) is 1. The van der Waals surface area contributed by atoms with Crippen LogP contribution in [0, 0.1) is 10.8 Å². The van der Waals surface area contributed by atoms with Gasteiger partial charge in [0.15, 0.2) is 0 Å². The van der Waals surface area contributed by atoms with Gasteiger partial charge in [-0.2, -0.15) is 0 Å². The molecule has 1 aliphatic carbocycles. The number of likely N-dealkylation sites (tertiary alicyclic amines) is 1. The van der Waals surface area contributed by atoms with Crippen molar-refractivity contribution < 1.29 is 9.90 Å². The van der Waals surface area contributed by atoms with E-state index in [-0.39, 0.29) is 0 Å². The van der Waals surface area contributed by atoms with Crippen molar-refractivity contribution in [3.8, 4) is 0 Å². The summed E-state index contributed by atoms with van der Waals surface area (Å²) in [6.45, 7) is 7.61. The lowest BCUT2D eigenvalue weighted by molar-refractivity contribution is -0.151. The molecule has 0 amide bonds. The van der Waals surface area contributed by atoms with Crippen LogP contribution in [0.2, 0.25) is 0 Å². The molecule has 20 heavy (non-hydrogen) atoms. The molecule has 1 saturated carbocycles. The normalized spacial score (nSPS) is 27.5. The molecule has 1 N–H and O–H groups in total. The zero-order valence-electron chi connectivity index (χ0n) is 13.3. The third-order valence-electron chi connectivity index (χ3n) is 5.47. The van der Waals surface area contributed by atoms with Gasteiger partial charge in [0.1, 0.15) is 0 Å². The third-order valence-corrected chi connectivity index (χ3v) is 5.47. The fourth-order valence-corrected chi connectivity index (χ4v) is 3.91. The molecule has 1 aliphatic heterocycles. The second kappa shape index (κ2) is 6.46. The van der Waals surface area contributed by atoms with E-state index in [1.165, 1.54) is 32.1 Å². The average molecular weight is 281 g/mol. The molecule has 2 rings (SSSR count). The highest BCUT2D eigenvalue weighted by molar-refractivity contribution is 5.75. The third kappa shape index (κ3) is 3.97. The Bertz CT molecular complexity index is 330. The predicted molar refractivity (Wildman–Crippen MR) is 81.8 cm³/mol. The van der Waals surface area contributed by atoms with Crippen LogP contribution in [0.4, 0.5) is 0 Å². The van der Waals surface area contributed by atoms with E-state index in [0.717, 1.165) is 45.3 Å². The molecule has 0 aromatic carbocycles. The van der Waals surface area contributed by atoms with Crippen LogP contribution in [0.1, 0.15) is 71.6 Å². The Morgan fingerprint density at radius 2 is 1.60 bits per heavy atom. The van der Waals surface area contributed by atoms with Gasteiger partial charge in [-0.25, -0.2) is 0 Å². The highest BCUT2D eigenvalue weighted by atomic mass is 16.4. The van der Waals surface area contributed by atoms with Crippen LogP contribution in [-0.4, -0.2) is 35.6 Å². The summed E-state index contributed by atoms with van der Waals surface area (Å²) in [7, 11) is 0. The van der Waals surface area contributed by atoms with Crippen molar-refractivity contribution in [2.75, 3.05) is 19.6 Å². The molecule has 2 fully saturated rings. The van der Waals surface area contributed by atoms with Gasteiger partial charge in [0, 0.05) is 6.54 Å². The molecule has 2 aliphatic rings. The van der Waals surface area contributed by atoms with Crippen molar-refractivity contribution in [1.29, 1.82) is 0 Å². The standard InChI is InChI=1S/C17H31NO2/c1-16(2)8-7-12-18(13-11-16)14-17(15(19)20)9-5-3-4-6-10-17/h3-14H2,1-2H3,(H,19,20). The summed E-state index contributed by atoms with van der Waals surface area (Å²) in [6, 6.07) is 0. The number of rotatable bonds is 3. The van der Waals surface area contributed by atoms with E-state index in [1.54, 1.807) is 0 Å². The summed E-state index contributed by atoms with van der Waals surface area (Å²) in [4.78, 5) is 14.3. The second-order valence-corrected chi connectivity index (χ2v) is 7.79. The number of carboxylic acids is 1. The maximum Gasteiger partial charge on any atom is 0.310 e. The summed E-state index contributed by atoms with van der Waals surface area (Å²) in [5, 5.41) is 9.79. The number of hydrogen-bond donors (Lipinski definition) is 1. The van der Waals surface area contributed by atoms with Crippen LogP contribution in [0.5, 0.6) is 0 Å². The van der Waals surface area contributed by atoms with Crippen LogP contribution in [0.15, 0.2) is 0 Å². The first-order valence-corrected chi connectivity index (χ1v) is 8.39. The molecule has 0 spiro atoms. The van der Waals surface area contributed by atoms with Crippen LogP contribution < -0.4 is 0 Å². The van der Waals surface area contributed by atoms with Gasteiger partial charge in [0.2, 0.25) is 0 Å². The Labute approximate surface area is 123 Å². The van der Waals surface area contributed by atoms with Crippen molar-refractivity contribution in [1.82, 2.24) is 4.90 Å². The number of carbonyl (C=O) groups is 1. The van der Waals surface area contributed by atoms with Gasteiger partial charge in [-0.15, -0.1) is 0 Å². The summed E-state index contributed by atoms with van der Waals surface area (Å²) < 4.78 is 0. The first kappa shape index (κ1) is 15.8. The quantitative estimate of drug-likeness (QED) is 0.797. The average Bonchev–Trinajstić information content (AvgIpc) is 2.70. The van der Waals surface area contributed by atoms with Crippen molar-refractivity contribution in [3.63, 3.8) is 0 Å². The number of nitrogens with zero attached hydrogens (tertiary/aromatic N) is 1. The largest absolute Gasteiger partial charge is 0.481 e. The molecular formula is C17H31NO2. The lowest BCUT2D eigenvalue weighted by Gasteiger charge is -2.34. The van der Waals surface area contributed by atoms with Gasteiger partial charge in [-0.1, -0.05) is 39.5 Å². The van der Waals surface area contributed by atoms with E-state index in [0.29, 0.717) is 5.41 Å². The minimum atomic E-state index is -0.553. The highest BCUT2D eigenvalue weighted by Gasteiger charge is 2.40. The molecule has 1 saturated heterocycles. The van der Waals surface area contributed by atoms with Crippen LogP contribution >= 0.6 is 0 Å². The van der Waals surface area contributed by atoms with Crippen LogP contribution in [0.3, 0.4) is 0 Å². The molecule has 3 heteroatoms. The Kier molecular flexibility index (Phi) is 5.11. The molecule has 116 valence electrons. The molecule has 1 heterocycles. The summed E-state index contributed by atoms with van der Waals surface area (Å²) in [5.74, 6) is -0.553. The van der Waals surface area contributed by atoms with Crippen molar-refractivity contribution >= 4 is 5.97 Å². The smallest absolute Gasteiger partial charge is 0.310 e. The SMILES string of the molecule is CC1(C)CCCN(CC2(C(=O)O)CCCCCC2)CC1. The van der Waals surface area contributed by atoms with Gasteiger partial charge in [-0.3, -0.25) is 4.79 Å². The monoisotopic (exact) mass is 281 g/mol. The minimum absolute atomic E-state index is 0.425. The van der Waals surface area contributed by atoms with Gasteiger partial charge >= 0.3 is 5.97 Å². The first-order valence-electron chi connectivity index (χ1n) is 8.39. The van der Waals surface area contributed by atoms with E-state index in [2.05, 4.69) is 18.7 Å². The van der Waals surface area contributed by atoms with Crippen LogP contribution in [-0.2, 0) is 4.79 Å². The number of hydrogen-bond acceptors (Lipinski definition) is 2. The van der Waals surface area contributed by atoms with Gasteiger partial charge in [0.25, 0.3) is 0 Å². The molecule has 0 unspecified atom stereocenters. The minimum Gasteiger partial charge on any atom is -0.481 e. The Balaban J connectivity index is 2.02. The Hall–Kier alpha value is -0.570. The number of aliphatic carboxylic acids is 1. The lowest BCUT2D eigenvalue weighted by Crippen LogP contribution is -2.43. The second-order valence-electron chi connectivity index (χ2n) is 7.79. The zero-order chi connectivity index (χ0) is 14.6. The summed E-state index contributed by atoms with van der Waals surface area (Å²) >= 11 is 0. The molecule has 0 atom stereocenters. The first-order chi connectivity index (χ1) is 9.44. The van der Waals surface area contributed by atoms with E-state index >= 15 is 0 Å². The highest BCUT2D eigenvalue weighted by Crippen LogP contribution is 2.38. The lowest BCUT2D eigenvalue weighted by atomic mass is 9.79. The molecule has 0 bridgehead atoms. The predicted octanol–water partition coefficient (Wildman–Crippen LogP) is 3.92. The maximum atomic E-state index is 11.9. The Morgan fingerprint density at radius 3 is 2.20 bits per heavy atom. The van der Waals surface area contributed by atoms with Crippen molar-refractivity contribution in [3.05, 3.63) is 0 Å². The van der Waals surface area contributed by atoms with Crippen LogP contribution in [0.25, 0.3) is 0 Å². The topological polar surface area (TPSA) is 40.5 Å². The van der Waals surface area contributed by atoms with E-state index in [1.807, 2.05) is 0 Å². The van der Waals surface area contributed by atoms with Gasteiger partial charge < -0.3 is 10.0 Å². The molecule has 3 nitrogen and oxygen atoms in total. The van der Waals surface area contributed by atoms with Gasteiger partial charge in [0.05, 0.1) is 5.41 Å². The summed E-state index contributed by atoms with van der Waals surface area (Å²) in [5.41, 5.74) is -0.0421. The maximum absolute atomic E-state index is 11.9. The molecular weight excluding hydrogens is 250 g/mol. The van der Waals surface area contributed by atoms with E-state index < -0.39 is 11.4 Å². The summed E-state index contributed by atoms with van der Waals surface area (Å²) in [6.07, 6.45) is 10.0. The van der Waals surface area contributed by atoms with E-state index in [9.17, 15) is 9.90 Å². The Morgan fingerprint density at radius 1 is 0.950 bits per heavy atom. The van der Waals surface area contributed by atoms with Crippen molar-refractivity contribution in [2.45, 2.75) is 71.6 Å². The molecule has 0 aromatic heterocycles. The van der Waals surface area contributed by atoms with Gasteiger partial charge in [-0.05, 0) is 50.6 Å². The van der Waals surface area contributed by atoms with E-state index in [4.69, 9.17) is 0 Å². The molecule has 0 aromatic rings. The fraction of sp³-hybridized carbons (Fsp3) is 0.941.